The van der Waals surface area contributed by atoms with Crippen LogP contribution in [0.3, 0.4) is 0 Å². The number of hydrogen-bond acceptors (Lipinski definition) is 3. The normalized spacial score (nSPS) is 11.2. The molecule has 1 aromatic rings. The van der Waals surface area contributed by atoms with E-state index in [1.807, 2.05) is 4.72 Å². The van der Waals surface area contributed by atoms with E-state index >= 15 is 0 Å². The second-order valence-corrected chi connectivity index (χ2v) is 5.73. The van der Waals surface area contributed by atoms with Gasteiger partial charge in [0.05, 0.1) is 18.0 Å². The van der Waals surface area contributed by atoms with Crippen LogP contribution in [0.15, 0.2) is 23.1 Å². The summed E-state index contributed by atoms with van der Waals surface area (Å²) in [6, 6.07) is 4.51. The van der Waals surface area contributed by atoms with E-state index in [0.29, 0.717) is 11.1 Å². The van der Waals surface area contributed by atoms with Crippen molar-refractivity contribution in [3.63, 3.8) is 0 Å². The van der Waals surface area contributed by atoms with Gasteiger partial charge in [-0.25, -0.2) is 21.9 Å². The lowest BCUT2D eigenvalue weighted by Crippen LogP contribution is -2.29. The molecule has 0 aliphatic heterocycles. The molecule has 0 spiro atoms. The van der Waals surface area contributed by atoms with Crippen molar-refractivity contribution in [1.82, 2.24) is 4.72 Å². The molecule has 7 heteroatoms. The summed E-state index contributed by atoms with van der Waals surface area (Å²) in [5.74, 6) is 5.36. The Bertz CT molecular complexity index is 618. The maximum absolute atomic E-state index is 12.1. The van der Waals surface area contributed by atoms with Gasteiger partial charge in [0, 0.05) is 12.0 Å². The maximum atomic E-state index is 12.1. The quantitative estimate of drug-likeness (QED) is 0.805. The van der Waals surface area contributed by atoms with Crippen LogP contribution in [0.5, 0.6) is 0 Å². The Labute approximate surface area is 116 Å². The summed E-state index contributed by atoms with van der Waals surface area (Å²) in [6.07, 6.45) is -2.47. The van der Waals surface area contributed by atoms with Crippen LogP contribution in [0.25, 0.3) is 0 Å². The fourth-order valence-corrected chi connectivity index (χ4v) is 2.71. The number of halogens is 2. The lowest BCUT2D eigenvalue weighted by atomic mass is 10.1. The minimum atomic E-state index is -3.99. The largest absolute Gasteiger partial charge is 0.395 e. The fraction of sp³-hybridized carbons (Fsp3) is 0.385. The maximum Gasteiger partial charge on any atom is 0.251 e. The molecule has 1 aromatic carbocycles. The number of hydrogen-bond donors (Lipinski definition) is 2. The van der Waals surface area contributed by atoms with Gasteiger partial charge in [0.15, 0.2) is 0 Å². The summed E-state index contributed by atoms with van der Waals surface area (Å²) in [5.41, 5.74) is 0.890. The van der Waals surface area contributed by atoms with E-state index < -0.39 is 23.0 Å². The zero-order chi connectivity index (χ0) is 15.2. The zero-order valence-corrected chi connectivity index (χ0v) is 11.7. The van der Waals surface area contributed by atoms with Crippen LogP contribution >= 0.6 is 0 Å². The van der Waals surface area contributed by atoms with Gasteiger partial charge >= 0.3 is 0 Å². The Kier molecular flexibility index (Phi) is 6.07. The highest BCUT2D eigenvalue weighted by Crippen LogP contribution is 2.16. The molecule has 0 saturated carbocycles. The van der Waals surface area contributed by atoms with Crippen molar-refractivity contribution >= 4 is 10.0 Å². The second kappa shape index (κ2) is 7.33. The molecule has 4 nitrogen and oxygen atoms in total. The molecule has 0 aliphatic rings. The number of aliphatic hydroxyl groups is 1. The first-order valence-corrected chi connectivity index (χ1v) is 7.33. The molecule has 20 heavy (non-hydrogen) atoms. The third-order valence-electron chi connectivity index (χ3n) is 2.37. The van der Waals surface area contributed by atoms with Crippen LogP contribution < -0.4 is 4.72 Å². The van der Waals surface area contributed by atoms with E-state index in [9.17, 15) is 17.2 Å². The predicted octanol–water partition coefficient (Wildman–Crippen LogP) is 1.27. The molecule has 0 atom stereocenters. The molecule has 0 bridgehead atoms. The van der Waals surface area contributed by atoms with E-state index in [2.05, 4.69) is 11.8 Å². The number of alkyl halides is 2. The van der Waals surface area contributed by atoms with Crippen molar-refractivity contribution in [1.29, 1.82) is 0 Å². The molecule has 0 unspecified atom stereocenters. The van der Waals surface area contributed by atoms with Crippen LogP contribution in [-0.4, -0.2) is 33.1 Å². The number of aryl methyl sites for hydroxylation is 1. The lowest BCUT2D eigenvalue weighted by Gasteiger charge is -2.09. The van der Waals surface area contributed by atoms with Gasteiger partial charge in [0.1, 0.15) is 0 Å². The van der Waals surface area contributed by atoms with Gasteiger partial charge in [0.2, 0.25) is 10.0 Å². The summed E-state index contributed by atoms with van der Waals surface area (Å²) >= 11 is 0. The topological polar surface area (TPSA) is 66.4 Å². The van der Waals surface area contributed by atoms with Crippen LogP contribution in [0, 0.1) is 18.8 Å². The van der Waals surface area contributed by atoms with Gasteiger partial charge in [-0.05, 0) is 24.6 Å². The van der Waals surface area contributed by atoms with Crippen molar-refractivity contribution in [3.8, 4) is 11.8 Å². The zero-order valence-electron chi connectivity index (χ0n) is 10.9. The summed E-state index contributed by atoms with van der Waals surface area (Å²) in [5, 5.41) is 8.61. The number of sulfonamides is 1. The number of nitrogens with one attached hydrogen (secondary N) is 1. The van der Waals surface area contributed by atoms with Crippen LogP contribution in [0.2, 0.25) is 0 Å². The van der Waals surface area contributed by atoms with E-state index in [1.54, 1.807) is 19.1 Å². The van der Waals surface area contributed by atoms with Crippen molar-refractivity contribution in [2.45, 2.75) is 24.7 Å². The molecule has 0 aliphatic carbocycles. The third kappa shape index (κ3) is 4.89. The van der Waals surface area contributed by atoms with E-state index in [0.717, 1.165) is 0 Å². The fourth-order valence-electron chi connectivity index (χ4n) is 1.44. The Morgan fingerprint density at radius 1 is 1.40 bits per heavy atom. The van der Waals surface area contributed by atoms with Crippen LogP contribution in [0.4, 0.5) is 8.78 Å². The first-order valence-electron chi connectivity index (χ1n) is 5.85. The molecule has 2 N–H and O–H groups in total. The first-order chi connectivity index (χ1) is 9.36. The summed E-state index contributed by atoms with van der Waals surface area (Å²) in [4.78, 5) is -0.0750. The van der Waals surface area contributed by atoms with Crippen LogP contribution in [-0.2, 0) is 10.0 Å². The summed E-state index contributed by atoms with van der Waals surface area (Å²) in [7, 11) is -3.99. The number of aliphatic hydroxyl groups excluding tert-OH is 1. The molecular weight excluding hydrogens is 288 g/mol. The monoisotopic (exact) mass is 303 g/mol. The number of rotatable bonds is 5. The van der Waals surface area contributed by atoms with Crippen molar-refractivity contribution in [3.05, 3.63) is 29.3 Å². The molecule has 0 amide bonds. The molecule has 110 valence electrons. The standard InChI is InChI=1S/C13H15F2NO3S/c1-10-5-6-11(4-2-3-7-17)8-12(10)20(18,19)16-9-13(14)15/h5-6,8,13,16-17H,3,7,9H2,1H3. The molecule has 0 fully saturated rings. The van der Waals surface area contributed by atoms with E-state index in [1.165, 1.54) is 6.07 Å². The SMILES string of the molecule is Cc1ccc(C#CCCO)cc1S(=O)(=O)NCC(F)F. The van der Waals surface area contributed by atoms with Crippen molar-refractivity contribution in [2.75, 3.05) is 13.2 Å². The Hall–Kier alpha value is -1.49. The highest BCUT2D eigenvalue weighted by atomic mass is 32.2. The minimum Gasteiger partial charge on any atom is -0.395 e. The second-order valence-electron chi connectivity index (χ2n) is 4.00. The van der Waals surface area contributed by atoms with E-state index in [4.69, 9.17) is 5.11 Å². The third-order valence-corrected chi connectivity index (χ3v) is 3.94. The molecule has 0 heterocycles. The van der Waals surface area contributed by atoms with E-state index in [-0.39, 0.29) is 17.9 Å². The van der Waals surface area contributed by atoms with Gasteiger partial charge in [-0.1, -0.05) is 17.9 Å². The minimum absolute atomic E-state index is 0.0750. The Morgan fingerprint density at radius 3 is 2.70 bits per heavy atom. The van der Waals surface area contributed by atoms with Gasteiger partial charge < -0.3 is 5.11 Å². The average molecular weight is 303 g/mol. The van der Waals surface area contributed by atoms with Gasteiger partial charge in [-0.2, -0.15) is 0 Å². The molecule has 0 radical (unpaired) electrons. The lowest BCUT2D eigenvalue weighted by molar-refractivity contribution is 0.153. The van der Waals surface area contributed by atoms with Crippen molar-refractivity contribution in [2.24, 2.45) is 0 Å². The highest BCUT2D eigenvalue weighted by molar-refractivity contribution is 7.89. The van der Waals surface area contributed by atoms with Crippen molar-refractivity contribution < 1.29 is 22.3 Å². The number of benzene rings is 1. The molecule has 1 rings (SSSR count). The molecule has 0 aromatic heterocycles. The molecular formula is C13H15F2NO3S. The highest BCUT2D eigenvalue weighted by Gasteiger charge is 2.18. The van der Waals surface area contributed by atoms with Gasteiger partial charge in [-0.15, -0.1) is 0 Å². The predicted molar refractivity (Wildman–Crippen MR) is 71.0 cm³/mol. The summed E-state index contributed by atoms with van der Waals surface area (Å²) in [6.45, 7) is 0.560. The van der Waals surface area contributed by atoms with Gasteiger partial charge in [0.25, 0.3) is 6.43 Å². The van der Waals surface area contributed by atoms with Gasteiger partial charge in [-0.3, -0.25) is 0 Å². The Morgan fingerprint density at radius 2 is 2.10 bits per heavy atom. The molecule has 0 saturated heterocycles. The van der Waals surface area contributed by atoms with Crippen LogP contribution in [0.1, 0.15) is 17.5 Å². The first kappa shape index (κ1) is 16.6. The Balaban J connectivity index is 3.05. The summed E-state index contributed by atoms with van der Waals surface area (Å²) < 4.78 is 49.8. The average Bonchev–Trinajstić information content (AvgIpc) is 2.38. The smallest absolute Gasteiger partial charge is 0.251 e.